The third kappa shape index (κ3) is 19.2. The van der Waals surface area contributed by atoms with Gasteiger partial charge in [-0.05, 0) is 143 Å². The van der Waals surface area contributed by atoms with Crippen LogP contribution in [0.3, 0.4) is 0 Å². The lowest BCUT2D eigenvalue weighted by Gasteiger charge is -2.10. The zero-order valence-electron chi connectivity index (χ0n) is 52.1. The lowest BCUT2D eigenvalue weighted by Crippen LogP contribution is -2.23. The topological polar surface area (TPSA) is 268 Å². The average Bonchev–Trinajstić information content (AvgIpc) is 1.33. The van der Waals surface area contributed by atoms with Crippen molar-refractivity contribution in [3.63, 3.8) is 0 Å². The van der Waals surface area contributed by atoms with E-state index >= 15 is 0 Å². The molecule has 0 radical (unpaired) electrons. The summed E-state index contributed by atoms with van der Waals surface area (Å²) in [5.74, 6) is 1.27. The number of hydrogen-bond acceptors (Lipinski definition) is 12. The number of aromatic nitrogens is 6. The van der Waals surface area contributed by atoms with Gasteiger partial charge in [-0.2, -0.15) is 26.3 Å². The van der Waals surface area contributed by atoms with Gasteiger partial charge >= 0.3 is 18.0 Å². The highest BCUT2D eigenvalue weighted by Crippen LogP contribution is 2.36. The van der Waals surface area contributed by atoms with Crippen LogP contribution < -0.4 is 18.9 Å². The van der Waals surface area contributed by atoms with Crippen LogP contribution in [0.2, 0.25) is 0 Å². The van der Waals surface area contributed by atoms with Gasteiger partial charge in [0, 0.05) is 16.7 Å². The Morgan fingerprint density at radius 1 is 0.380 bits per heavy atom. The van der Waals surface area contributed by atoms with Crippen LogP contribution in [0.1, 0.15) is 39.7 Å². The van der Waals surface area contributed by atoms with Crippen molar-refractivity contribution in [3.05, 3.63) is 240 Å². The zero-order chi connectivity index (χ0) is 72.0. The summed E-state index contributed by atoms with van der Waals surface area (Å²) in [6.45, 7) is 0. The maximum Gasteiger partial charge on any atom is 0.573 e. The van der Waals surface area contributed by atoms with Crippen LogP contribution in [-0.2, 0) is 46.1 Å². The molecule has 0 saturated heterocycles. The molecule has 9 aromatic carbocycles. The summed E-state index contributed by atoms with van der Waals surface area (Å²) in [7, 11) is -15.7. The van der Waals surface area contributed by atoms with Crippen molar-refractivity contribution in [1.82, 2.24) is 29.9 Å². The Labute approximate surface area is 566 Å². The molecule has 0 amide bonds. The van der Waals surface area contributed by atoms with Crippen LogP contribution in [0, 0.1) is 0 Å². The summed E-state index contributed by atoms with van der Waals surface area (Å²) in [6.07, 6.45) is 4.11. The van der Waals surface area contributed by atoms with Gasteiger partial charge < -0.3 is 19.7 Å². The number of halogens is 9. The first-order valence-corrected chi connectivity index (χ1v) is 36.3. The van der Waals surface area contributed by atoms with Gasteiger partial charge in [-0.1, -0.05) is 127 Å². The number of benzene rings is 9. The van der Waals surface area contributed by atoms with E-state index in [0.717, 1.165) is 81.9 Å². The number of aromatic amines is 3. The van der Waals surface area contributed by atoms with Crippen molar-refractivity contribution in [1.29, 1.82) is 0 Å². The van der Waals surface area contributed by atoms with Gasteiger partial charge in [-0.15, -0.1) is 13.2 Å². The van der Waals surface area contributed by atoms with Crippen LogP contribution in [-0.4, -0.2) is 94.2 Å². The molecule has 0 bridgehead atoms. The standard InChI is InChI=1S/C23H18F3N3O4S2.C23H18F3N3O3S.C23H18F3N3O2S/c1-34(30,31)29-19-5-3-2-4-18(19)16-9-12-20-21(14-16)28-22(27-20)13-8-15-6-10-17(11-7-15)35(32,33)23(24,25)26;1-33(30,31)29-19-5-3-2-4-18(19)16-9-12-20-21(14-16)28-22(27-20)13-8-15-6-10-17(11-7-15)32-23(24,25)26;1-32(30,31)29-19-5-3-2-4-18(19)16-9-12-20-21(14-16)28-22(27-20)13-8-15-6-10-17(11-7-15)23(24,25)26/h2-14,29H,1H3,(H,27,28);2-14,29H,1H3,(H,27,28);2-14,29H,1H3,(H,27,28)/b3*13-8+. The molecule has 100 heavy (non-hydrogen) atoms. The quantitative estimate of drug-likeness (QED) is 0.0465. The van der Waals surface area contributed by atoms with Crippen molar-refractivity contribution >= 4 is 127 Å². The number of para-hydroxylation sites is 3. The largest absolute Gasteiger partial charge is 0.573 e. The van der Waals surface area contributed by atoms with Gasteiger partial charge in [0.2, 0.25) is 30.1 Å². The molecule has 0 unspecified atom stereocenters. The number of sulfonamides is 3. The monoisotopic (exact) mass is 1450 g/mol. The number of imidazole rings is 3. The number of alkyl halides is 9. The molecule has 6 N–H and O–H groups in total. The predicted molar refractivity (Wildman–Crippen MR) is 371 cm³/mol. The Balaban J connectivity index is 0.000000162. The number of fused-ring (bicyclic) bond motifs is 3. The number of anilines is 3. The van der Waals surface area contributed by atoms with E-state index in [4.69, 9.17) is 0 Å². The molecule has 0 spiro atoms. The Hall–Kier alpha value is -11.0. The molecular weight excluding hydrogens is 1400 g/mol. The molecule has 3 heterocycles. The molecule has 0 aliphatic rings. The summed E-state index contributed by atoms with van der Waals surface area (Å²) in [4.78, 5) is 22.0. The van der Waals surface area contributed by atoms with Crippen LogP contribution >= 0.6 is 0 Å². The van der Waals surface area contributed by atoms with Gasteiger partial charge in [0.25, 0.3) is 9.84 Å². The molecule has 0 fully saturated rings. The number of ether oxygens (including phenoxy) is 1. The van der Waals surface area contributed by atoms with Crippen molar-refractivity contribution in [2.75, 3.05) is 32.9 Å². The number of nitrogens with zero attached hydrogens (tertiary/aromatic N) is 3. The molecule has 3 aromatic heterocycles. The van der Waals surface area contributed by atoms with E-state index in [1.54, 1.807) is 97.1 Å². The third-order valence-corrected chi connectivity index (χ3v) is 17.5. The van der Waals surface area contributed by atoms with Crippen molar-refractivity contribution < 1.29 is 77.9 Å². The minimum absolute atomic E-state index is 0.290. The average molecular weight is 1450 g/mol. The highest BCUT2D eigenvalue weighted by Gasteiger charge is 2.46. The molecule has 12 rings (SSSR count). The fourth-order valence-electron chi connectivity index (χ4n) is 9.88. The van der Waals surface area contributed by atoms with Gasteiger partial charge in [-0.25, -0.2) is 48.6 Å². The van der Waals surface area contributed by atoms with Gasteiger partial charge in [0.1, 0.15) is 23.2 Å². The molecule has 0 aliphatic heterocycles. The summed E-state index contributed by atoms with van der Waals surface area (Å²) in [5.41, 5.74) is 5.78. The molecule has 18 nitrogen and oxygen atoms in total. The second-order valence-corrected chi connectivity index (χ2v) is 29.3. The van der Waals surface area contributed by atoms with E-state index in [1.165, 1.54) is 48.5 Å². The zero-order valence-corrected chi connectivity index (χ0v) is 55.3. The van der Waals surface area contributed by atoms with E-state index in [-0.39, 0.29) is 5.75 Å². The van der Waals surface area contributed by atoms with E-state index in [1.807, 2.05) is 66.7 Å². The van der Waals surface area contributed by atoms with Crippen LogP contribution in [0.15, 0.2) is 205 Å². The number of nitrogens with one attached hydrogen (secondary N) is 6. The molecule has 0 aliphatic carbocycles. The second-order valence-electron chi connectivity index (χ2n) is 22.1. The lowest BCUT2D eigenvalue weighted by atomic mass is 10.0. The van der Waals surface area contributed by atoms with E-state index in [0.29, 0.717) is 78.9 Å². The van der Waals surface area contributed by atoms with E-state index in [9.17, 15) is 73.2 Å². The first kappa shape index (κ1) is 71.7. The minimum atomic E-state index is -5.40. The molecular formula is C69H54F9N9O9S4. The lowest BCUT2D eigenvalue weighted by molar-refractivity contribution is -0.274. The maximum absolute atomic E-state index is 12.7. The summed E-state index contributed by atoms with van der Waals surface area (Å²) < 4.78 is 217. The van der Waals surface area contributed by atoms with Crippen LogP contribution in [0.25, 0.3) is 103 Å². The summed E-state index contributed by atoms with van der Waals surface area (Å²) >= 11 is 0. The molecule has 12 aromatic rings. The van der Waals surface area contributed by atoms with E-state index < -0.39 is 68.4 Å². The first-order chi connectivity index (χ1) is 47.0. The van der Waals surface area contributed by atoms with Crippen molar-refractivity contribution in [3.8, 4) is 39.1 Å². The number of hydrogen-bond donors (Lipinski definition) is 6. The first-order valence-electron chi connectivity index (χ1n) is 29.2. The summed E-state index contributed by atoms with van der Waals surface area (Å²) in [6, 6.07) is 52.2. The number of rotatable bonds is 17. The Morgan fingerprint density at radius 3 is 0.990 bits per heavy atom. The highest BCUT2D eigenvalue weighted by molar-refractivity contribution is 7.92. The molecule has 0 saturated carbocycles. The van der Waals surface area contributed by atoms with Gasteiger partial charge in [-0.3, -0.25) is 14.2 Å². The van der Waals surface area contributed by atoms with Gasteiger partial charge in [0.05, 0.1) is 79.4 Å². The van der Waals surface area contributed by atoms with Crippen molar-refractivity contribution in [2.45, 2.75) is 22.9 Å². The molecule has 0 atom stereocenters. The Morgan fingerprint density at radius 2 is 0.690 bits per heavy atom. The fourth-order valence-corrected chi connectivity index (χ4v) is 12.4. The minimum Gasteiger partial charge on any atom is -0.406 e. The smallest absolute Gasteiger partial charge is 0.406 e. The Kier molecular flexibility index (Phi) is 20.7. The predicted octanol–water partition coefficient (Wildman–Crippen LogP) is 16.5. The number of H-pyrrole nitrogens is 3. The molecule has 31 heteroatoms. The van der Waals surface area contributed by atoms with E-state index in [2.05, 4.69) is 48.8 Å². The van der Waals surface area contributed by atoms with Crippen molar-refractivity contribution in [2.24, 2.45) is 0 Å². The fraction of sp³-hybridized carbons (Fsp3) is 0.0870. The SMILES string of the molecule is CS(=O)(=O)Nc1ccccc1-c1ccc2nc(/C=C/c3ccc(C(F)(F)F)cc3)[nH]c2c1.CS(=O)(=O)Nc1ccccc1-c1ccc2nc(/C=C/c3ccc(OC(F)(F)F)cc3)[nH]c2c1.CS(=O)(=O)Nc1ccccc1-c1ccc2nc(/C=C/c3ccc(S(=O)(=O)C(F)(F)F)cc3)[nH]c2c1. The van der Waals surface area contributed by atoms with Crippen LogP contribution in [0.5, 0.6) is 5.75 Å². The summed E-state index contributed by atoms with van der Waals surface area (Å²) in [5, 5.41) is 0. The normalized spacial score (nSPS) is 12.6. The van der Waals surface area contributed by atoms with Crippen LogP contribution in [0.4, 0.5) is 56.6 Å². The van der Waals surface area contributed by atoms with Gasteiger partial charge in [0.15, 0.2) is 0 Å². The highest BCUT2D eigenvalue weighted by atomic mass is 32.2. The third-order valence-electron chi connectivity index (χ3n) is 14.2. The molecule has 516 valence electrons. The Bertz CT molecular complexity index is 5570. The second kappa shape index (κ2) is 28.8. The number of sulfone groups is 1. The maximum atomic E-state index is 12.7.